The molecule has 4 nitrogen and oxygen atoms in total. The van der Waals surface area contributed by atoms with Crippen LogP contribution in [-0.4, -0.2) is 28.6 Å². The van der Waals surface area contributed by atoms with Gasteiger partial charge in [0.05, 0.1) is 6.26 Å². The van der Waals surface area contributed by atoms with Gasteiger partial charge in [0.15, 0.2) is 0 Å². The molecule has 0 aliphatic heterocycles. The first kappa shape index (κ1) is 26.1. The average Bonchev–Trinajstić information content (AvgIpc) is 2.79. The number of rotatable bonds is 6. The van der Waals surface area contributed by atoms with E-state index >= 15 is 0 Å². The van der Waals surface area contributed by atoms with Crippen molar-refractivity contribution in [3.8, 4) is 0 Å². The maximum absolute atomic E-state index is 13.8. The molecule has 174 valence electrons. The van der Waals surface area contributed by atoms with Gasteiger partial charge in [0.2, 0.25) is 5.60 Å². The van der Waals surface area contributed by atoms with Gasteiger partial charge in [-0.3, -0.25) is 0 Å². The Kier molecular flexibility index (Phi) is 9.19. The predicted molar refractivity (Wildman–Crippen MR) is 119 cm³/mol. The topological polar surface area (TPSA) is 66.8 Å². The second kappa shape index (κ2) is 11.6. The van der Waals surface area contributed by atoms with Crippen LogP contribution in [0.1, 0.15) is 16.7 Å². The number of alkyl halides is 1. The molecule has 0 heterocycles. The zero-order valence-electron chi connectivity index (χ0n) is 17.2. The van der Waals surface area contributed by atoms with Crippen LogP contribution in [0, 0.1) is 23.3 Å². The maximum atomic E-state index is 13.8. The minimum absolute atomic E-state index is 0.146. The lowest BCUT2D eigenvalue weighted by atomic mass is 9.86. The van der Waals surface area contributed by atoms with Gasteiger partial charge < -0.3 is 14.9 Å². The summed E-state index contributed by atoms with van der Waals surface area (Å²) in [5, 5.41) is 20.6. The standard InChI is InChI=1S/C23H16F4O4.CH3Br/c24-18-6-16(7-19(25)10-18)23(30,17-8-20(26)11-21(27)9-17)22(29)31-13-15(12-28)14-4-2-1-3-5-14;1-2/h1-12,28,30H,13H2;1H3. The lowest BCUT2D eigenvalue weighted by Gasteiger charge is -2.27. The first-order valence-electron chi connectivity index (χ1n) is 9.33. The van der Waals surface area contributed by atoms with Gasteiger partial charge in [-0.1, -0.05) is 46.3 Å². The minimum atomic E-state index is -2.94. The molecule has 0 fully saturated rings. The summed E-state index contributed by atoms with van der Waals surface area (Å²) in [5.41, 5.74) is -3.56. The molecule has 3 aromatic carbocycles. The third-order valence-corrected chi connectivity index (χ3v) is 4.52. The summed E-state index contributed by atoms with van der Waals surface area (Å²) in [6.45, 7) is -0.544. The van der Waals surface area contributed by atoms with E-state index in [0.29, 0.717) is 48.2 Å². The lowest BCUT2D eigenvalue weighted by Crippen LogP contribution is -2.39. The summed E-state index contributed by atoms with van der Waals surface area (Å²) < 4.78 is 60.2. The fraction of sp³-hybridized carbons (Fsp3) is 0.125. The van der Waals surface area contributed by atoms with Crippen molar-refractivity contribution in [2.24, 2.45) is 0 Å². The summed E-state index contributed by atoms with van der Waals surface area (Å²) in [4.78, 5) is 12.9. The first-order valence-corrected chi connectivity index (χ1v) is 10.9. The quantitative estimate of drug-likeness (QED) is 0.189. The number of aliphatic hydroxyl groups excluding tert-OH is 1. The Balaban J connectivity index is 0.00000187. The molecular weight excluding hydrogens is 508 g/mol. The largest absolute Gasteiger partial charge is 0.515 e. The Morgan fingerprint density at radius 1 is 0.879 bits per heavy atom. The molecule has 9 heteroatoms. The number of benzene rings is 3. The molecule has 33 heavy (non-hydrogen) atoms. The fourth-order valence-corrected chi connectivity index (χ4v) is 3.02. The summed E-state index contributed by atoms with van der Waals surface area (Å²) in [6, 6.07) is 11.9. The van der Waals surface area contributed by atoms with E-state index in [0.717, 1.165) is 0 Å². The van der Waals surface area contributed by atoms with Crippen molar-refractivity contribution in [2.75, 3.05) is 12.4 Å². The van der Waals surface area contributed by atoms with Crippen LogP contribution in [0.2, 0.25) is 0 Å². The van der Waals surface area contributed by atoms with Crippen LogP contribution in [0.25, 0.3) is 5.57 Å². The van der Waals surface area contributed by atoms with E-state index in [1.807, 2.05) is 5.83 Å². The second-order valence-corrected chi connectivity index (χ2v) is 6.62. The van der Waals surface area contributed by atoms with E-state index in [1.165, 1.54) is 0 Å². The molecule has 0 bridgehead atoms. The maximum Gasteiger partial charge on any atom is 0.348 e. The second-order valence-electron chi connectivity index (χ2n) is 6.62. The number of carbonyl (C=O) groups is 1. The highest BCUT2D eigenvalue weighted by Gasteiger charge is 2.43. The average molecular weight is 527 g/mol. The van der Waals surface area contributed by atoms with E-state index in [1.54, 1.807) is 30.3 Å². The number of aliphatic hydroxyl groups is 2. The Bertz CT molecular complexity index is 1040. The fourth-order valence-electron chi connectivity index (χ4n) is 3.02. The summed E-state index contributed by atoms with van der Waals surface area (Å²) in [7, 11) is 0. The van der Waals surface area contributed by atoms with E-state index in [2.05, 4.69) is 15.9 Å². The molecule has 0 spiro atoms. The molecule has 3 aromatic rings. The normalized spacial score (nSPS) is 11.4. The molecule has 3 rings (SSSR count). The van der Waals surface area contributed by atoms with Crippen LogP contribution in [-0.2, 0) is 15.1 Å². The Hall–Kier alpha value is -3.17. The van der Waals surface area contributed by atoms with Crippen molar-refractivity contribution >= 4 is 27.5 Å². The van der Waals surface area contributed by atoms with Crippen molar-refractivity contribution in [1.29, 1.82) is 0 Å². The van der Waals surface area contributed by atoms with Crippen molar-refractivity contribution in [2.45, 2.75) is 5.60 Å². The predicted octanol–water partition coefficient (Wildman–Crippen LogP) is 5.63. The Labute approximate surface area is 195 Å². The van der Waals surface area contributed by atoms with Crippen LogP contribution in [0.3, 0.4) is 0 Å². The zero-order valence-corrected chi connectivity index (χ0v) is 18.8. The van der Waals surface area contributed by atoms with E-state index < -0.39 is 52.6 Å². The SMILES string of the molecule is CBr.O=C(OCC(=CO)c1ccccc1)C(O)(c1cc(F)cc(F)c1)c1cc(F)cc(F)c1. The zero-order chi connectivity index (χ0) is 24.6. The van der Waals surface area contributed by atoms with Crippen LogP contribution < -0.4 is 0 Å². The Morgan fingerprint density at radius 2 is 1.30 bits per heavy atom. The van der Waals surface area contributed by atoms with Crippen LogP contribution >= 0.6 is 15.9 Å². The van der Waals surface area contributed by atoms with Gasteiger partial charge in [-0.15, -0.1) is 0 Å². The van der Waals surface area contributed by atoms with Crippen molar-refractivity contribution in [3.05, 3.63) is 113 Å². The summed E-state index contributed by atoms with van der Waals surface area (Å²) in [6.07, 6.45) is 0.686. The number of hydrogen-bond acceptors (Lipinski definition) is 4. The number of carbonyl (C=O) groups excluding carboxylic acids is 1. The smallest absolute Gasteiger partial charge is 0.348 e. The minimum Gasteiger partial charge on any atom is -0.515 e. The molecular formula is C24H19BrF4O4. The van der Waals surface area contributed by atoms with Gasteiger partial charge in [0.1, 0.15) is 29.9 Å². The van der Waals surface area contributed by atoms with E-state index in [4.69, 9.17) is 4.74 Å². The Morgan fingerprint density at radius 3 is 1.70 bits per heavy atom. The van der Waals surface area contributed by atoms with Gasteiger partial charge in [-0.25, -0.2) is 22.4 Å². The van der Waals surface area contributed by atoms with Gasteiger partial charge in [-0.05, 0) is 35.7 Å². The molecule has 0 aliphatic carbocycles. The summed E-state index contributed by atoms with van der Waals surface area (Å²) in [5.74, 6) is -4.15. The van der Waals surface area contributed by atoms with Crippen molar-refractivity contribution in [3.63, 3.8) is 0 Å². The molecule has 0 radical (unpaired) electrons. The lowest BCUT2D eigenvalue weighted by molar-refractivity contribution is -0.160. The van der Waals surface area contributed by atoms with Gasteiger partial charge in [0, 0.05) is 28.8 Å². The monoisotopic (exact) mass is 526 g/mol. The highest BCUT2D eigenvalue weighted by atomic mass is 79.9. The highest BCUT2D eigenvalue weighted by molar-refractivity contribution is 9.08. The van der Waals surface area contributed by atoms with E-state index in [-0.39, 0.29) is 5.57 Å². The first-order chi connectivity index (χ1) is 15.7. The third-order valence-electron chi connectivity index (χ3n) is 4.52. The number of halogens is 5. The third kappa shape index (κ3) is 6.21. The molecule has 2 N–H and O–H groups in total. The molecule has 0 atom stereocenters. The van der Waals surface area contributed by atoms with Crippen LogP contribution in [0.4, 0.5) is 17.6 Å². The molecule has 0 amide bonds. The number of ether oxygens (including phenoxy) is 1. The van der Waals surface area contributed by atoms with Crippen molar-refractivity contribution in [1.82, 2.24) is 0 Å². The number of hydrogen-bond donors (Lipinski definition) is 2. The molecule has 0 aliphatic rings. The van der Waals surface area contributed by atoms with Crippen LogP contribution in [0.5, 0.6) is 0 Å². The molecule has 0 unspecified atom stereocenters. The highest BCUT2D eigenvalue weighted by Crippen LogP contribution is 2.33. The molecule has 0 aromatic heterocycles. The van der Waals surface area contributed by atoms with Gasteiger partial charge in [0.25, 0.3) is 0 Å². The van der Waals surface area contributed by atoms with Gasteiger partial charge >= 0.3 is 5.97 Å². The molecule has 0 saturated heterocycles. The van der Waals surface area contributed by atoms with Crippen LogP contribution in [0.15, 0.2) is 73.0 Å². The van der Waals surface area contributed by atoms with Gasteiger partial charge in [-0.2, -0.15) is 0 Å². The van der Waals surface area contributed by atoms with Crippen molar-refractivity contribution < 1.29 is 37.3 Å². The molecule has 0 saturated carbocycles. The summed E-state index contributed by atoms with van der Waals surface area (Å²) >= 11 is 2.94. The number of esters is 1. The van der Waals surface area contributed by atoms with E-state index in [9.17, 15) is 32.6 Å².